The van der Waals surface area contributed by atoms with E-state index in [-0.39, 0.29) is 11.8 Å². The molecule has 0 fully saturated rings. The third-order valence-corrected chi connectivity index (χ3v) is 4.30. The number of ether oxygens (including phenoxy) is 1. The van der Waals surface area contributed by atoms with Crippen LogP contribution in [0.5, 0.6) is 5.75 Å². The van der Waals surface area contributed by atoms with Gasteiger partial charge in [-0.25, -0.2) is 0 Å². The summed E-state index contributed by atoms with van der Waals surface area (Å²) in [5.41, 5.74) is 0.849. The lowest BCUT2D eigenvalue weighted by Gasteiger charge is -2.38. The monoisotopic (exact) mass is 299 g/mol. The molecule has 0 bridgehead atoms. The molecule has 0 radical (unpaired) electrons. The molecule has 3 nitrogen and oxygen atoms in total. The van der Waals surface area contributed by atoms with Gasteiger partial charge in [0.25, 0.3) is 0 Å². The van der Waals surface area contributed by atoms with Crippen molar-refractivity contribution in [1.82, 2.24) is 4.98 Å². The van der Waals surface area contributed by atoms with Gasteiger partial charge in [-0.3, -0.25) is 4.98 Å². The van der Waals surface area contributed by atoms with Gasteiger partial charge in [0.15, 0.2) is 0 Å². The zero-order valence-corrected chi connectivity index (χ0v) is 13.8. The molecule has 1 aromatic heterocycles. The lowest BCUT2D eigenvalue weighted by molar-refractivity contribution is -0.0160. The zero-order chi connectivity index (χ0) is 16.2. The average Bonchev–Trinajstić information content (AvgIpc) is 2.56. The van der Waals surface area contributed by atoms with Gasteiger partial charge in [0.2, 0.25) is 0 Å². The summed E-state index contributed by atoms with van der Waals surface area (Å²) in [7, 11) is 1.66. The summed E-state index contributed by atoms with van der Waals surface area (Å²) in [6.45, 7) is 6.28. The maximum atomic E-state index is 11.4. The summed E-state index contributed by atoms with van der Waals surface area (Å²) in [5, 5.41) is 11.4. The summed E-state index contributed by atoms with van der Waals surface area (Å²) in [4.78, 5) is 4.41. The number of aromatic nitrogens is 1. The summed E-state index contributed by atoms with van der Waals surface area (Å²) < 4.78 is 5.23. The van der Waals surface area contributed by atoms with Gasteiger partial charge in [0.1, 0.15) is 11.4 Å². The molecule has 0 saturated heterocycles. The molecule has 1 heterocycles. The minimum Gasteiger partial charge on any atom is -0.497 e. The third-order valence-electron chi connectivity index (χ3n) is 4.30. The normalized spacial score (nSPS) is 15.4. The van der Waals surface area contributed by atoms with Crippen molar-refractivity contribution in [2.24, 2.45) is 5.92 Å². The van der Waals surface area contributed by atoms with Crippen molar-refractivity contribution in [1.29, 1.82) is 0 Å². The topological polar surface area (TPSA) is 42.4 Å². The van der Waals surface area contributed by atoms with Crippen LogP contribution in [-0.2, 0) is 5.60 Å². The minimum absolute atomic E-state index is 0.0293. The molecule has 118 valence electrons. The first kappa shape index (κ1) is 16.5. The second-order valence-corrected chi connectivity index (χ2v) is 5.99. The highest BCUT2D eigenvalue weighted by Gasteiger charge is 2.40. The molecular formula is C19H25NO2. The van der Waals surface area contributed by atoms with Crippen LogP contribution >= 0.6 is 0 Å². The number of nitrogens with zero attached hydrogens (tertiary/aromatic N) is 1. The fraction of sp³-hybridized carbons (Fsp3) is 0.421. The molecule has 2 atom stereocenters. The maximum absolute atomic E-state index is 11.4. The Hall–Kier alpha value is -1.87. The van der Waals surface area contributed by atoms with E-state index in [0.29, 0.717) is 6.42 Å². The van der Waals surface area contributed by atoms with Crippen molar-refractivity contribution >= 4 is 0 Å². The maximum Gasteiger partial charge on any atom is 0.118 e. The molecule has 0 unspecified atom stereocenters. The second kappa shape index (κ2) is 6.93. The summed E-state index contributed by atoms with van der Waals surface area (Å²) in [6, 6.07) is 13.7. The standard InChI is InChI=1S/C19H25NO2/c1-5-19(21,17-8-6-7-13-20-17)18(14(2)3)15-9-11-16(22-4)12-10-15/h6-14,18,21H,5H2,1-4H3/t18-,19+/m0/s1. The largest absolute Gasteiger partial charge is 0.497 e. The van der Waals surface area contributed by atoms with Crippen molar-refractivity contribution in [3.63, 3.8) is 0 Å². The van der Waals surface area contributed by atoms with E-state index in [1.807, 2.05) is 49.4 Å². The Balaban J connectivity index is 2.48. The van der Waals surface area contributed by atoms with E-state index in [1.54, 1.807) is 13.3 Å². The van der Waals surface area contributed by atoms with Gasteiger partial charge >= 0.3 is 0 Å². The van der Waals surface area contributed by atoms with E-state index >= 15 is 0 Å². The van der Waals surface area contributed by atoms with Crippen LogP contribution in [0.3, 0.4) is 0 Å². The molecule has 0 spiro atoms. The Bertz CT molecular complexity index is 580. The van der Waals surface area contributed by atoms with E-state index in [0.717, 1.165) is 17.0 Å². The fourth-order valence-corrected chi connectivity index (χ4v) is 3.20. The Labute approximate surface area is 133 Å². The molecule has 0 aliphatic carbocycles. The van der Waals surface area contributed by atoms with E-state index in [4.69, 9.17) is 4.74 Å². The molecule has 2 rings (SSSR count). The highest BCUT2D eigenvalue weighted by molar-refractivity contribution is 5.33. The van der Waals surface area contributed by atoms with Crippen LogP contribution in [-0.4, -0.2) is 17.2 Å². The van der Waals surface area contributed by atoms with Crippen molar-refractivity contribution in [2.45, 2.75) is 38.7 Å². The average molecular weight is 299 g/mol. The van der Waals surface area contributed by atoms with Crippen LogP contribution in [0.25, 0.3) is 0 Å². The third kappa shape index (κ3) is 3.14. The molecule has 3 heteroatoms. The Kier molecular flexibility index (Phi) is 5.19. The number of pyridine rings is 1. The number of benzene rings is 1. The molecule has 0 aliphatic rings. The van der Waals surface area contributed by atoms with Crippen LogP contribution in [0.1, 0.15) is 44.4 Å². The summed E-state index contributed by atoms with van der Waals surface area (Å²) in [5.74, 6) is 1.07. The minimum atomic E-state index is -0.982. The number of aliphatic hydroxyl groups is 1. The molecule has 1 aromatic carbocycles. The van der Waals surface area contributed by atoms with Gasteiger partial charge in [-0.2, -0.15) is 0 Å². The van der Waals surface area contributed by atoms with E-state index in [1.165, 1.54) is 0 Å². The Morgan fingerprint density at radius 1 is 1.14 bits per heavy atom. The Morgan fingerprint density at radius 3 is 2.27 bits per heavy atom. The van der Waals surface area contributed by atoms with Crippen LogP contribution in [0.15, 0.2) is 48.7 Å². The second-order valence-electron chi connectivity index (χ2n) is 5.99. The molecule has 2 aromatic rings. The van der Waals surface area contributed by atoms with Crippen molar-refractivity contribution < 1.29 is 9.84 Å². The van der Waals surface area contributed by atoms with Gasteiger partial charge < -0.3 is 9.84 Å². The van der Waals surface area contributed by atoms with Crippen LogP contribution in [0, 0.1) is 5.92 Å². The van der Waals surface area contributed by atoms with Crippen molar-refractivity contribution in [3.05, 3.63) is 59.9 Å². The lowest BCUT2D eigenvalue weighted by Crippen LogP contribution is -2.36. The molecule has 22 heavy (non-hydrogen) atoms. The predicted octanol–water partition coefficient (Wildman–Crippen LogP) is 4.13. The van der Waals surface area contributed by atoms with E-state index in [9.17, 15) is 5.11 Å². The Morgan fingerprint density at radius 2 is 1.82 bits per heavy atom. The fourth-order valence-electron chi connectivity index (χ4n) is 3.20. The first-order valence-corrected chi connectivity index (χ1v) is 7.80. The smallest absolute Gasteiger partial charge is 0.118 e. The number of rotatable bonds is 6. The molecular weight excluding hydrogens is 274 g/mol. The first-order valence-electron chi connectivity index (χ1n) is 7.80. The highest BCUT2D eigenvalue weighted by Crippen LogP contribution is 2.43. The van der Waals surface area contributed by atoms with E-state index in [2.05, 4.69) is 18.8 Å². The lowest BCUT2D eigenvalue weighted by atomic mass is 9.72. The van der Waals surface area contributed by atoms with Gasteiger partial charge in [0, 0.05) is 12.1 Å². The number of methoxy groups -OCH3 is 1. The van der Waals surface area contributed by atoms with Gasteiger partial charge in [-0.15, -0.1) is 0 Å². The van der Waals surface area contributed by atoms with E-state index < -0.39 is 5.60 Å². The van der Waals surface area contributed by atoms with Gasteiger partial charge in [0.05, 0.1) is 12.8 Å². The van der Waals surface area contributed by atoms with Crippen LogP contribution < -0.4 is 4.74 Å². The van der Waals surface area contributed by atoms with Crippen LogP contribution in [0.4, 0.5) is 0 Å². The highest BCUT2D eigenvalue weighted by atomic mass is 16.5. The number of hydrogen-bond acceptors (Lipinski definition) is 3. The van der Waals surface area contributed by atoms with Crippen molar-refractivity contribution in [3.8, 4) is 5.75 Å². The quantitative estimate of drug-likeness (QED) is 0.872. The first-order chi connectivity index (χ1) is 10.5. The zero-order valence-electron chi connectivity index (χ0n) is 13.8. The molecule has 0 saturated carbocycles. The van der Waals surface area contributed by atoms with Gasteiger partial charge in [-0.05, 0) is 42.2 Å². The SMILES string of the molecule is CC[C@@](O)(c1ccccn1)[C@H](c1ccc(OC)cc1)C(C)C. The molecule has 0 aliphatic heterocycles. The summed E-state index contributed by atoms with van der Waals surface area (Å²) >= 11 is 0. The predicted molar refractivity (Wildman–Crippen MR) is 89.0 cm³/mol. The molecule has 1 N–H and O–H groups in total. The summed E-state index contributed by atoms with van der Waals surface area (Å²) in [6.07, 6.45) is 2.35. The molecule has 0 amide bonds. The van der Waals surface area contributed by atoms with Gasteiger partial charge in [-0.1, -0.05) is 39.0 Å². The van der Waals surface area contributed by atoms with Crippen LogP contribution in [0.2, 0.25) is 0 Å². The number of hydrogen-bond donors (Lipinski definition) is 1. The van der Waals surface area contributed by atoms with Crippen molar-refractivity contribution in [2.75, 3.05) is 7.11 Å².